The van der Waals surface area contributed by atoms with Gasteiger partial charge >= 0.3 is 5.97 Å². The number of β-lactam (4-membered cyclic amide) rings is 1. The fraction of sp³-hybridized carbons (Fsp3) is 0.643. The standard InChI is InChI=1S/C14H20N2O5S/c1-3-4-5-6-15-14(21-2)12(20)16-10(11(18)19)9(7-17)8-22-13(14)16/h7-8,10,13,15H,3-6H2,1-2H3,(H,18,19)/t10?,13-,14?/m1/s1. The molecular formula is C14H20N2O5S. The molecule has 8 heteroatoms. The van der Waals surface area contributed by atoms with Gasteiger partial charge in [0.1, 0.15) is 11.7 Å². The Labute approximate surface area is 133 Å². The van der Waals surface area contributed by atoms with E-state index < -0.39 is 29.0 Å². The zero-order chi connectivity index (χ0) is 16.3. The number of aldehydes is 1. The van der Waals surface area contributed by atoms with Gasteiger partial charge in [-0.3, -0.25) is 14.9 Å². The van der Waals surface area contributed by atoms with E-state index in [-0.39, 0.29) is 5.57 Å². The lowest BCUT2D eigenvalue weighted by Crippen LogP contribution is -2.82. The van der Waals surface area contributed by atoms with Crippen LogP contribution in [-0.4, -0.2) is 59.0 Å². The summed E-state index contributed by atoms with van der Waals surface area (Å²) in [4.78, 5) is 36.1. The van der Waals surface area contributed by atoms with Crippen LogP contribution < -0.4 is 5.32 Å². The Morgan fingerprint density at radius 2 is 2.32 bits per heavy atom. The van der Waals surface area contributed by atoms with Crippen LogP contribution in [0.3, 0.4) is 0 Å². The molecule has 2 N–H and O–H groups in total. The van der Waals surface area contributed by atoms with E-state index in [1.807, 2.05) is 0 Å². The monoisotopic (exact) mass is 328 g/mol. The maximum Gasteiger partial charge on any atom is 0.331 e. The van der Waals surface area contributed by atoms with Gasteiger partial charge < -0.3 is 14.7 Å². The van der Waals surface area contributed by atoms with Crippen molar-refractivity contribution in [2.75, 3.05) is 13.7 Å². The zero-order valence-electron chi connectivity index (χ0n) is 12.6. The van der Waals surface area contributed by atoms with E-state index in [0.29, 0.717) is 12.8 Å². The van der Waals surface area contributed by atoms with Gasteiger partial charge in [0.05, 0.1) is 0 Å². The lowest BCUT2D eigenvalue weighted by molar-refractivity contribution is -0.200. The summed E-state index contributed by atoms with van der Waals surface area (Å²) in [5.41, 5.74) is -1.13. The Balaban J connectivity index is 2.18. The Hall–Kier alpha value is -1.38. The van der Waals surface area contributed by atoms with Gasteiger partial charge in [-0.2, -0.15) is 0 Å². The van der Waals surface area contributed by atoms with E-state index in [1.165, 1.54) is 29.2 Å². The van der Waals surface area contributed by atoms with E-state index in [9.17, 15) is 19.5 Å². The first-order chi connectivity index (χ1) is 10.5. The number of nitrogens with zero attached hydrogens (tertiary/aromatic N) is 1. The lowest BCUT2D eigenvalue weighted by Gasteiger charge is -2.57. The highest BCUT2D eigenvalue weighted by Gasteiger charge is 2.66. The van der Waals surface area contributed by atoms with E-state index in [2.05, 4.69) is 12.2 Å². The molecule has 22 heavy (non-hydrogen) atoms. The summed E-state index contributed by atoms with van der Waals surface area (Å²) in [7, 11) is 1.43. The predicted octanol–water partition coefficient (Wildman–Crippen LogP) is 0.560. The Morgan fingerprint density at radius 3 is 2.86 bits per heavy atom. The number of hydrogen-bond acceptors (Lipinski definition) is 6. The minimum atomic E-state index is -1.24. The number of carboxylic acids is 1. The first-order valence-electron chi connectivity index (χ1n) is 7.20. The molecular weight excluding hydrogens is 308 g/mol. The van der Waals surface area contributed by atoms with Crippen LogP contribution in [0.2, 0.25) is 0 Å². The van der Waals surface area contributed by atoms with Gasteiger partial charge in [0.15, 0.2) is 6.04 Å². The number of amides is 1. The molecule has 2 heterocycles. The van der Waals surface area contributed by atoms with Crippen molar-refractivity contribution < 1.29 is 24.2 Å². The van der Waals surface area contributed by atoms with Gasteiger partial charge in [-0.1, -0.05) is 19.8 Å². The summed E-state index contributed by atoms with van der Waals surface area (Å²) in [6.45, 7) is 2.70. The molecule has 2 aliphatic heterocycles. The van der Waals surface area contributed by atoms with Crippen LogP contribution in [0.1, 0.15) is 26.2 Å². The minimum absolute atomic E-state index is 0.0813. The van der Waals surface area contributed by atoms with Crippen molar-refractivity contribution in [3.05, 3.63) is 11.0 Å². The Kier molecular flexibility index (Phi) is 5.25. The second-order valence-electron chi connectivity index (χ2n) is 5.25. The number of ether oxygens (including phenoxy) is 1. The Bertz CT molecular complexity index is 509. The zero-order valence-corrected chi connectivity index (χ0v) is 13.4. The number of aliphatic carboxylic acids is 1. The number of nitrogens with one attached hydrogen (secondary N) is 1. The SMILES string of the molecule is CCCCCNC1(OC)C(=O)N2C(C(=O)O)C(C=O)=CS[C@@H]21. The van der Waals surface area contributed by atoms with Crippen molar-refractivity contribution in [3.63, 3.8) is 0 Å². The molecule has 0 bridgehead atoms. The average Bonchev–Trinajstić information content (AvgIpc) is 2.53. The smallest absolute Gasteiger partial charge is 0.331 e. The normalized spacial score (nSPS) is 30.4. The lowest BCUT2D eigenvalue weighted by atomic mass is 9.95. The summed E-state index contributed by atoms with van der Waals surface area (Å²) in [5.74, 6) is -1.66. The number of unbranched alkanes of at least 4 members (excludes halogenated alkanes) is 2. The molecule has 1 fully saturated rings. The highest BCUT2D eigenvalue weighted by atomic mass is 32.2. The van der Waals surface area contributed by atoms with Gasteiger partial charge in [0.25, 0.3) is 5.91 Å². The molecule has 2 rings (SSSR count). The van der Waals surface area contributed by atoms with Gasteiger partial charge in [0.2, 0.25) is 5.72 Å². The van der Waals surface area contributed by atoms with Crippen LogP contribution >= 0.6 is 11.8 Å². The number of hydrogen-bond donors (Lipinski definition) is 2. The summed E-state index contributed by atoms with van der Waals surface area (Å²) >= 11 is 1.23. The molecule has 0 radical (unpaired) electrons. The van der Waals surface area contributed by atoms with E-state index in [4.69, 9.17) is 4.74 Å². The van der Waals surface area contributed by atoms with Crippen LogP contribution in [0.4, 0.5) is 0 Å². The quantitative estimate of drug-likeness (QED) is 0.291. The fourth-order valence-electron chi connectivity index (χ4n) is 2.74. The Morgan fingerprint density at radius 1 is 1.59 bits per heavy atom. The number of methoxy groups -OCH3 is 1. The van der Waals surface area contributed by atoms with Gasteiger partial charge in [-0.15, -0.1) is 11.8 Å². The molecule has 0 aromatic carbocycles. The third kappa shape index (κ3) is 2.55. The number of rotatable bonds is 8. The van der Waals surface area contributed by atoms with Crippen molar-refractivity contribution in [1.82, 2.24) is 10.2 Å². The molecule has 0 aliphatic carbocycles. The highest BCUT2D eigenvalue weighted by molar-refractivity contribution is 8.03. The van der Waals surface area contributed by atoms with Gasteiger partial charge in [-0.25, -0.2) is 4.79 Å². The molecule has 3 atom stereocenters. The van der Waals surface area contributed by atoms with Crippen molar-refractivity contribution in [2.24, 2.45) is 0 Å². The fourth-order valence-corrected chi connectivity index (χ4v) is 4.03. The molecule has 2 unspecified atom stereocenters. The molecule has 1 amide bonds. The third-order valence-electron chi connectivity index (χ3n) is 3.94. The minimum Gasteiger partial charge on any atom is -0.479 e. The number of carboxylic acid groups (broad SMARTS) is 1. The van der Waals surface area contributed by atoms with E-state index in [1.54, 1.807) is 0 Å². The van der Waals surface area contributed by atoms with E-state index >= 15 is 0 Å². The van der Waals surface area contributed by atoms with Gasteiger partial charge in [-0.05, 0) is 18.4 Å². The second kappa shape index (κ2) is 6.80. The van der Waals surface area contributed by atoms with E-state index in [0.717, 1.165) is 19.3 Å². The largest absolute Gasteiger partial charge is 0.479 e. The predicted molar refractivity (Wildman–Crippen MR) is 81.1 cm³/mol. The third-order valence-corrected chi connectivity index (χ3v) is 5.16. The highest BCUT2D eigenvalue weighted by Crippen LogP contribution is 2.45. The summed E-state index contributed by atoms with van der Waals surface area (Å²) < 4.78 is 5.40. The molecule has 7 nitrogen and oxygen atoms in total. The average molecular weight is 328 g/mol. The van der Waals surface area contributed by atoms with Crippen LogP contribution in [0.25, 0.3) is 0 Å². The van der Waals surface area contributed by atoms with Crippen molar-refractivity contribution in [3.8, 4) is 0 Å². The summed E-state index contributed by atoms with van der Waals surface area (Å²) in [6, 6.07) is -1.24. The van der Waals surface area contributed by atoms with Crippen LogP contribution in [0, 0.1) is 0 Å². The summed E-state index contributed by atoms with van der Waals surface area (Å²) in [6.07, 6.45) is 3.49. The van der Waals surface area contributed by atoms with Crippen LogP contribution in [0.15, 0.2) is 11.0 Å². The molecule has 0 aromatic rings. The van der Waals surface area contributed by atoms with Crippen LogP contribution in [-0.2, 0) is 19.1 Å². The molecule has 122 valence electrons. The number of carbonyl (C=O) groups is 3. The van der Waals surface area contributed by atoms with Crippen LogP contribution in [0.5, 0.6) is 0 Å². The molecule has 1 saturated heterocycles. The first kappa shape index (κ1) is 17.0. The number of thioether (sulfide) groups is 1. The maximum absolute atomic E-state index is 12.5. The second-order valence-corrected chi connectivity index (χ2v) is 6.21. The maximum atomic E-state index is 12.5. The molecule has 0 saturated carbocycles. The summed E-state index contributed by atoms with van der Waals surface area (Å²) in [5, 5.41) is 13.4. The number of carbonyl (C=O) groups excluding carboxylic acids is 2. The molecule has 2 aliphatic rings. The topological polar surface area (TPSA) is 95.9 Å². The van der Waals surface area contributed by atoms with Crippen molar-refractivity contribution in [1.29, 1.82) is 0 Å². The first-order valence-corrected chi connectivity index (χ1v) is 8.14. The number of fused-ring (bicyclic) bond motifs is 1. The molecule has 0 spiro atoms. The van der Waals surface area contributed by atoms with Crippen molar-refractivity contribution >= 4 is 29.9 Å². The van der Waals surface area contributed by atoms with Crippen molar-refractivity contribution in [2.45, 2.75) is 43.3 Å². The van der Waals surface area contributed by atoms with Gasteiger partial charge in [0, 0.05) is 12.7 Å². The molecule has 0 aromatic heterocycles.